The van der Waals surface area contributed by atoms with Crippen LogP contribution in [0.5, 0.6) is 5.06 Å². The van der Waals surface area contributed by atoms with E-state index in [1.807, 2.05) is 11.3 Å². The maximum absolute atomic E-state index is 11.0. The van der Waals surface area contributed by atoms with E-state index >= 15 is 0 Å². The van der Waals surface area contributed by atoms with Gasteiger partial charge < -0.3 is 14.8 Å². The minimum Gasteiger partial charge on any atom is -0.484 e. The Balaban J connectivity index is 1.38. The molecular weight excluding hydrogens is 344 g/mol. The zero-order valence-corrected chi connectivity index (χ0v) is 17.0. The maximum atomic E-state index is 11.0. The fraction of sp³-hybridized carbons (Fsp3) is 0.762. The number of fused-ring (bicyclic) bond motifs is 1. The Morgan fingerprint density at radius 1 is 1.50 bits per heavy atom. The number of thiophene rings is 1. The van der Waals surface area contributed by atoms with E-state index in [1.165, 1.54) is 42.8 Å². The van der Waals surface area contributed by atoms with E-state index < -0.39 is 0 Å². The van der Waals surface area contributed by atoms with Crippen molar-refractivity contribution in [2.24, 2.45) is 11.8 Å². The Morgan fingerprint density at radius 2 is 2.42 bits per heavy atom. The van der Waals surface area contributed by atoms with Gasteiger partial charge in [-0.2, -0.15) is 0 Å². The highest BCUT2D eigenvalue weighted by Crippen LogP contribution is 2.33. The van der Waals surface area contributed by atoms with Crippen molar-refractivity contribution < 1.29 is 9.53 Å². The Morgan fingerprint density at radius 3 is 3.19 bits per heavy atom. The van der Waals surface area contributed by atoms with Crippen molar-refractivity contribution in [2.75, 3.05) is 32.8 Å². The molecule has 1 aromatic heterocycles. The van der Waals surface area contributed by atoms with E-state index in [9.17, 15) is 4.79 Å². The third kappa shape index (κ3) is 5.80. The number of carbonyl (C=O) groups is 1. The summed E-state index contributed by atoms with van der Waals surface area (Å²) in [5.74, 6) is 1.06. The minimum atomic E-state index is 0.220. The van der Waals surface area contributed by atoms with E-state index in [0.717, 1.165) is 69.2 Å². The summed E-state index contributed by atoms with van der Waals surface area (Å²) in [5, 5.41) is 4.59. The molecule has 0 aliphatic carbocycles. The number of aldehydes is 1. The molecule has 1 saturated heterocycles. The standard InChI is InChI=1S/C21H34N2O2S/c1-2-17(16-24)7-10-23-11-8-20-19(15-23)13-21(26-20)25-12-4-6-18-5-3-9-22-14-18/h13,16-18,22H,2-12,14-15H2,1H3. The fourth-order valence-corrected chi connectivity index (χ4v) is 5.09. The molecule has 1 fully saturated rings. The number of hydrogen-bond donors (Lipinski definition) is 1. The highest BCUT2D eigenvalue weighted by molar-refractivity contribution is 7.14. The van der Waals surface area contributed by atoms with Gasteiger partial charge in [-0.05, 0) is 82.1 Å². The average molecular weight is 379 g/mol. The Hall–Kier alpha value is -0.910. The molecule has 2 aliphatic rings. The van der Waals surface area contributed by atoms with Gasteiger partial charge in [-0.3, -0.25) is 4.90 Å². The van der Waals surface area contributed by atoms with Crippen LogP contribution in [0.15, 0.2) is 6.07 Å². The minimum absolute atomic E-state index is 0.220. The van der Waals surface area contributed by atoms with Crippen LogP contribution in [-0.4, -0.2) is 44.0 Å². The van der Waals surface area contributed by atoms with Crippen molar-refractivity contribution in [1.82, 2.24) is 10.2 Å². The molecule has 0 bridgehead atoms. The van der Waals surface area contributed by atoms with E-state index in [2.05, 4.69) is 23.2 Å². The van der Waals surface area contributed by atoms with Gasteiger partial charge in [0.2, 0.25) is 0 Å². The van der Waals surface area contributed by atoms with Crippen LogP contribution in [-0.2, 0) is 17.8 Å². The number of ether oxygens (including phenoxy) is 1. The van der Waals surface area contributed by atoms with Crippen molar-refractivity contribution in [3.63, 3.8) is 0 Å². The van der Waals surface area contributed by atoms with Gasteiger partial charge in [-0.15, -0.1) is 11.3 Å². The SMILES string of the molecule is CCC(C=O)CCN1CCc2sc(OCCCC3CCCNC3)cc2C1. The average Bonchev–Trinajstić information content (AvgIpc) is 3.09. The molecule has 2 unspecified atom stereocenters. The quantitative estimate of drug-likeness (QED) is 0.495. The molecular formula is C21H34N2O2S. The van der Waals surface area contributed by atoms with Gasteiger partial charge in [0.1, 0.15) is 6.29 Å². The molecule has 146 valence electrons. The Labute approximate surface area is 162 Å². The van der Waals surface area contributed by atoms with Gasteiger partial charge in [0, 0.05) is 23.9 Å². The second kappa shape index (κ2) is 10.4. The number of nitrogens with one attached hydrogen (secondary N) is 1. The first kappa shape index (κ1) is 19.8. The normalized spacial score (nSPS) is 22.0. The van der Waals surface area contributed by atoms with Crippen molar-refractivity contribution in [1.29, 1.82) is 0 Å². The van der Waals surface area contributed by atoms with Crippen LogP contribution in [0, 0.1) is 11.8 Å². The second-order valence-corrected chi connectivity index (χ2v) is 8.94. The van der Waals surface area contributed by atoms with Crippen LogP contribution in [0.25, 0.3) is 0 Å². The lowest BCUT2D eigenvalue weighted by atomic mass is 9.95. The molecule has 0 aromatic carbocycles. The topological polar surface area (TPSA) is 41.6 Å². The molecule has 2 atom stereocenters. The number of piperidine rings is 1. The van der Waals surface area contributed by atoms with Crippen molar-refractivity contribution in [3.05, 3.63) is 16.5 Å². The Bertz CT molecular complexity index is 554. The van der Waals surface area contributed by atoms with Gasteiger partial charge in [-0.1, -0.05) is 6.92 Å². The molecule has 5 heteroatoms. The maximum Gasteiger partial charge on any atom is 0.174 e. The third-order valence-electron chi connectivity index (χ3n) is 5.86. The zero-order valence-electron chi connectivity index (χ0n) is 16.2. The molecule has 0 amide bonds. The zero-order chi connectivity index (χ0) is 18.2. The predicted octanol–water partition coefficient (Wildman–Crippen LogP) is 3.88. The van der Waals surface area contributed by atoms with Crippen molar-refractivity contribution >= 4 is 17.6 Å². The lowest BCUT2D eigenvalue weighted by molar-refractivity contribution is -0.111. The summed E-state index contributed by atoms with van der Waals surface area (Å²) >= 11 is 1.84. The van der Waals surface area contributed by atoms with Crippen LogP contribution in [0.4, 0.5) is 0 Å². The summed E-state index contributed by atoms with van der Waals surface area (Å²) in [6, 6.07) is 2.26. The van der Waals surface area contributed by atoms with Crippen LogP contribution >= 0.6 is 11.3 Å². The monoisotopic (exact) mass is 378 g/mol. The summed E-state index contributed by atoms with van der Waals surface area (Å²) in [7, 11) is 0. The molecule has 1 N–H and O–H groups in total. The van der Waals surface area contributed by atoms with Crippen molar-refractivity contribution in [2.45, 2.75) is 58.4 Å². The van der Waals surface area contributed by atoms with Gasteiger partial charge in [0.05, 0.1) is 6.61 Å². The van der Waals surface area contributed by atoms with Gasteiger partial charge >= 0.3 is 0 Å². The molecule has 2 aliphatic heterocycles. The number of carbonyl (C=O) groups excluding carboxylic acids is 1. The summed E-state index contributed by atoms with van der Waals surface area (Å²) in [6.45, 7) is 8.47. The highest BCUT2D eigenvalue weighted by atomic mass is 32.1. The number of hydrogen-bond acceptors (Lipinski definition) is 5. The lowest BCUT2D eigenvalue weighted by Gasteiger charge is -2.27. The van der Waals surface area contributed by atoms with Gasteiger partial charge in [0.25, 0.3) is 0 Å². The van der Waals surface area contributed by atoms with E-state index in [1.54, 1.807) is 0 Å². The molecule has 3 heterocycles. The first-order valence-electron chi connectivity index (χ1n) is 10.4. The number of rotatable bonds is 10. The summed E-state index contributed by atoms with van der Waals surface area (Å²) in [4.78, 5) is 15.0. The summed E-state index contributed by atoms with van der Waals surface area (Å²) < 4.78 is 6.05. The lowest BCUT2D eigenvalue weighted by Crippen LogP contribution is -2.31. The summed E-state index contributed by atoms with van der Waals surface area (Å²) in [5.41, 5.74) is 1.44. The molecule has 0 saturated carbocycles. The largest absolute Gasteiger partial charge is 0.484 e. The third-order valence-corrected chi connectivity index (χ3v) is 7.01. The predicted molar refractivity (Wildman–Crippen MR) is 108 cm³/mol. The second-order valence-electron chi connectivity index (χ2n) is 7.84. The molecule has 0 radical (unpaired) electrons. The van der Waals surface area contributed by atoms with Crippen LogP contribution in [0.2, 0.25) is 0 Å². The van der Waals surface area contributed by atoms with Crippen LogP contribution in [0.3, 0.4) is 0 Å². The van der Waals surface area contributed by atoms with Crippen molar-refractivity contribution in [3.8, 4) is 5.06 Å². The van der Waals surface area contributed by atoms with Gasteiger partial charge in [-0.25, -0.2) is 0 Å². The van der Waals surface area contributed by atoms with Crippen LogP contribution in [0.1, 0.15) is 55.9 Å². The van der Waals surface area contributed by atoms with E-state index in [4.69, 9.17) is 4.74 Å². The Kier molecular flexibility index (Phi) is 7.96. The number of nitrogens with zero attached hydrogens (tertiary/aromatic N) is 1. The van der Waals surface area contributed by atoms with E-state index in [0.29, 0.717) is 0 Å². The van der Waals surface area contributed by atoms with E-state index in [-0.39, 0.29) is 5.92 Å². The van der Waals surface area contributed by atoms with Gasteiger partial charge in [0.15, 0.2) is 5.06 Å². The fourth-order valence-electron chi connectivity index (χ4n) is 4.06. The first-order chi connectivity index (χ1) is 12.8. The van der Waals surface area contributed by atoms with Crippen LogP contribution < -0.4 is 10.1 Å². The molecule has 0 spiro atoms. The smallest absolute Gasteiger partial charge is 0.174 e. The first-order valence-corrected chi connectivity index (χ1v) is 11.2. The summed E-state index contributed by atoms with van der Waals surface area (Å²) in [6.07, 6.45) is 9.32. The molecule has 3 rings (SSSR count). The molecule has 4 nitrogen and oxygen atoms in total. The molecule has 1 aromatic rings. The molecule has 26 heavy (non-hydrogen) atoms. The highest BCUT2D eigenvalue weighted by Gasteiger charge is 2.20.